The number of carboxylic acids is 1. The van der Waals surface area contributed by atoms with Gasteiger partial charge in [0, 0.05) is 12.5 Å². The zero-order valence-corrected chi connectivity index (χ0v) is 12.2. The second-order valence-corrected chi connectivity index (χ2v) is 5.73. The van der Waals surface area contributed by atoms with Gasteiger partial charge >= 0.3 is 5.97 Å². The predicted molar refractivity (Wildman–Crippen MR) is 74.9 cm³/mol. The van der Waals surface area contributed by atoms with Crippen LogP contribution in [0.25, 0.3) is 0 Å². The van der Waals surface area contributed by atoms with Crippen LogP contribution in [-0.2, 0) is 9.59 Å². The normalized spacial score (nSPS) is 18.9. The van der Waals surface area contributed by atoms with E-state index in [9.17, 15) is 14.7 Å². The van der Waals surface area contributed by atoms with Crippen molar-refractivity contribution in [2.75, 3.05) is 6.54 Å². The van der Waals surface area contributed by atoms with E-state index in [2.05, 4.69) is 5.32 Å². The molecular formula is C15H27NO3. The van der Waals surface area contributed by atoms with Gasteiger partial charge in [-0.25, -0.2) is 0 Å². The molecule has 1 aliphatic carbocycles. The molecule has 110 valence electrons. The first kappa shape index (κ1) is 16.0. The molecule has 0 atom stereocenters. The van der Waals surface area contributed by atoms with Crippen molar-refractivity contribution in [3.63, 3.8) is 0 Å². The molecule has 2 N–H and O–H groups in total. The number of amides is 1. The number of carbonyl (C=O) groups is 2. The smallest absolute Gasteiger partial charge is 0.311 e. The number of nitrogens with one attached hydrogen (secondary N) is 1. The third-order valence-corrected chi connectivity index (χ3v) is 4.47. The van der Waals surface area contributed by atoms with Crippen LogP contribution < -0.4 is 5.32 Å². The van der Waals surface area contributed by atoms with Crippen molar-refractivity contribution in [2.45, 2.75) is 65.2 Å². The van der Waals surface area contributed by atoms with Crippen LogP contribution in [0.4, 0.5) is 0 Å². The molecule has 0 aromatic heterocycles. The van der Waals surface area contributed by atoms with Gasteiger partial charge in [-0.2, -0.15) is 0 Å². The number of hydrogen-bond donors (Lipinski definition) is 2. The molecule has 1 amide bonds. The quantitative estimate of drug-likeness (QED) is 0.728. The summed E-state index contributed by atoms with van der Waals surface area (Å²) in [6.07, 6.45) is 7.10. The summed E-state index contributed by atoms with van der Waals surface area (Å²) in [5, 5.41) is 12.4. The molecule has 0 aromatic rings. The summed E-state index contributed by atoms with van der Waals surface area (Å²) < 4.78 is 0. The Kier molecular flexibility index (Phi) is 6.32. The van der Waals surface area contributed by atoms with Crippen molar-refractivity contribution in [3.8, 4) is 0 Å². The van der Waals surface area contributed by atoms with Crippen LogP contribution in [0.1, 0.15) is 65.2 Å². The van der Waals surface area contributed by atoms with Gasteiger partial charge in [0.1, 0.15) is 0 Å². The summed E-state index contributed by atoms with van der Waals surface area (Å²) in [5.74, 6) is -0.731. The minimum absolute atomic E-state index is 0.00914. The zero-order valence-electron chi connectivity index (χ0n) is 12.2. The fraction of sp³-hybridized carbons (Fsp3) is 0.867. The molecule has 0 aromatic carbocycles. The maximum Gasteiger partial charge on any atom is 0.311 e. The second-order valence-electron chi connectivity index (χ2n) is 5.73. The van der Waals surface area contributed by atoms with E-state index in [1.807, 2.05) is 13.8 Å². The van der Waals surface area contributed by atoms with Gasteiger partial charge in [0.05, 0.1) is 5.41 Å². The van der Waals surface area contributed by atoms with Crippen LogP contribution in [0, 0.1) is 11.3 Å². The molecule has 1 aliphatic rings. The minimum Gasteiger partial charge on any atom is -0.481 e. The maximum atomic E-state index is 12.0. The molecule has 19 heavy (non-hydrogen) atoms. The van der Waals surface area contributed by atoms with Gasteiger partial charge in [0.25, 0.3) is 0 Å². The Morgan fingerprint density at radius 2 is 1.63 bits per heavy atom. The fourth-order valence-corrected chi connectivity index (χ4v) is 2.93. The van der Waals surface area contributed by atoms with Crippen LogP contribution in [0.3, 0.4) is 0 Å². The van der Waals surface area contributed by atoms with Crippen LogP contribution in [0.5, 0.6) is 0 Å². The lowest BCUT2D eigenvalue weighted by atomic mass is 9.80. The third kappa shape index (κ3) is 4.22. The van der Waals surface area contributed by atoms with E-state index >= 15 is 0 Å². The summed E-state index contributed by atoms with van der Waals surface area (Å²) in [6.45, 7) is 4.27. The molecule has 0 spiro atoms. The molecule has 0 saturated heterocycles. The lowest BCUT2D eigenvalue weighted by molar-refractivity contribution is -0.150. The number of aliphatic carboxylic acids is 1. The Labute approximate surface area is 116 Å². The SMILES string of the molecule is CCC(CC)C(=O)NCC1(C(=O)O)CCCCCC1. The zero-order chi connectivity index (χ0) is 14.3. The Balaban J connectivity index is 2.63. The van der Waals surface area contributed by atoms with Gasteiger partial charge in [-0.3, -0.25) is 9.59 Å². The van der Waals surface area contributed by atoms with Gasteiger partial charge in [0.2, 0.25) is 5.91 Å². The first-order valence-corrected chi connectivity index (χ1v) is 7.57. The lowest BCUT2D eigenvalue weighted by Crippen LogP contribution is -2.44. The number of hydrogen-bond acceptors (Lipinski definition) is 2. The summed E-state index contributed by atoms with van der Waals surface area (Å²) in [7, 11) is 0. The van der Waals surface area contributed by atoms with E-state index in [0.29, 0.717) is 12.8 Å². The first-order chi connectivity index (χ1) is 9.05. The molecule has 0 aliphatic heterocycles. The molecule has 0 radical (unpaired) electrons. The van der Waals surface area contributed by atoms with E-state index in [-0.39, 0.29) is 18.4 Å². The van der Waals surface area contributed by atoms with Crippen LogP contribution in [-0.4, -0.2) is 23.5 Å². The molecular weight excluding hydrogens is 242 g/mol. The summed E-state index contributed by atoms with van der Waals surface area (Å²) >= 11 is 0. The van der Waals surface area contributed by atoms with Crippen molar-refractivity contribution in [1.29, 1.82) is 0 Å². The highest BCUT2D eigenvalue weighted by molar-refractivity contribution is 5.80. The fourth-order valence-electron chi connectivity index (χ4n) is 2.93. The van der Waals surface area contributed by atoms with Crippen LogP contribution in [0.2, 0.25) is 0 Å². The van der Waals surface area contributed by atoms with Crippen molar-refractivity contribution in [1.82, 2.24) is 5.32 Å². The van der Waals surface area contributed by atoms with Gasteiger partial charge in [0.15, 0.2) is 0 Å². The van der Waals surface area contributed by atoms with E-state index < -0.39 is 11.4 Å². The average Bonchev–Trinajstić information content (AvgIpc) is 2.64. The Hall–Kier alpha value is -1.06. The van der Waals surface area contributed by atoms with Crippen LogP contribution in [0.15, 0.2) is 0 Å². The minimum atomic E-state index is -0.751. The third-order valence-electron chi connectivity index (χ3n) is 4.47. The highest BCUT2D eigenvalue weighted by atomic mass is 16.4. The Morgan fingerprint density at radius 3 is 2.05 bits per heavy atom. The second kappa shape index (κ2) is 7.51. The van der Waals surface area contributed by atoms with Crippen molar-refractivity contribution in [2.24, 2.45) is 11.3 Å². The van der Waals surface area contributed by atoms with Crippen molar-refractivity contribution < 1.29 is 14.7 Å². The van der Waals surface area contributed by atoms with E-state index in [1.165, 1.54) is 0 Å². The average molecular weight is 269 g/mol. The lowest BCUT2D eigenvalue weighted by Gasteiger charge is -2.29. The molecule has 4 heteroatoms. The molecule has 1 rings (SSSR count). The van der Waals surface area contributed by atoms with Gasteiger partial charge in [-0.1, -0.05) is 39.5 Å². The number of carboxylic acid groups (broad SMARTS) is 1. The first-order valence-electron chi connectivity index (χ1n) is 7.57. The van der Waals surface area contributed by atoms with E-state index in [4.69, 9.17) is 0 Å². The Bertz CT molecular complexity index is 303. The molecule has 0 heterocycles. The van der Waals surface area contributed by atoms with Crippen molar-refractivity contribution in [3.05, 3.63) is 0 Å². The highest BCUT2D eigenvalue weighted by Crippen LogP contribution is 2.35. The van der Waals surface area contributed by atoms with Gasteiger partial charge in [-0.05, 0) is 25.7 Å². The molecule has 0 unspecified atom stereocenters. The molecule has 1 saturated carbocycles. The van der Waals surface area contributed by atoms with Crippen molar-refractivity contribution >= 4 is 11.9 Å². The standard InChI is InChI=1S/C15H27NO3/c1-3-12(4-2)13(17)16-11-15(14(18)19)9-7-5-6-8-10-15/h12H,3-11H2,1-2H3,(H,16,17)(H,18,19). The Morgan fingerprint density at radius 1 is 1.11 bits per heavy atom. The monoisotopic (exact) mass is 269 g/mol. The maximum absolute atomic E-state index is 12.0. The molecule has 0 bridgehead atoms. The highest BCUT2D eigenvalue weighted by Gasteiger charge is 2.39. The molecule has 4 nitrogen and oxygen atoms in total. The largest absolute Gasteiger partial charge is 0.481 e. The summed E-state index contributed by atoms with van der Waals surface area (Å²) in [6, 6.07) is 0. The van der Waals surface area contributed by atoms with Crippen LogP contribution >= 0.6 is 0 Å². The summed E-state index contributed by atoms with van der Waals surface area (Å²) in [5.41, 5.74) is -0.738. The number of carbonyl (C=O) groups excluding carboxylic acids is 1. The number of rotatable bonds is 6. The topological polar surface area (TPSA) is 66.4 Å². The molecule has 1 fully saturated rings. The van der Waals surface area contributed by atoms with Gasteiger partial charge in [-0.15, -0.1) is 0 Å². The van der Waals surface area contributed by atoms with E-state index in [0.717, 1.165) is 38.5 Å². The summed E-state index contributed by atoms with van der Waals surface area (Å²) in [4.78, 5) is 23.6. The predicted octanol–water partition coefficient (Wildman–Crippen LogP) is 2.96. The van der Waals surface area contributed by atoms with E-state index in [1.54, 1.807) is 0 Å². The van der Waals surface area contributed by atoms with Gasteiger partial charge < -0.3 is 10.4 Å².